The van der Waals surface area contributed by atoms with Crippen LogP contribution in [0.4, 0.5) is 5.69 Å². The molecule has 0 heterocycles. The van der Waals surface area contributed by atoms with Crippen LogP contribution in [0.15, 0.2) is 36.9 Å². The van der Waals surface area contributed by atoms with Crippen LogP contribution in [0, 0.1) is 10.1 Å². The van der Waals surface area contributed by atoms with Gasteiger partial charge in [-0.1, -0.05) is 53.0 Å². The molecule has 1 aromatic carbocycles. The fourth-order valence-electron chi connectivity index (χ4n) is 1.33. The van der Waals surface area contributed by atoms with E-state index in [0.29, 0.717) is 5.56 Å². The van der Waals surface area contributed by atoms with Crippen LogP contribution < -0.4 is 5.32 Å². The van der Waals surface area contributed by atoms with Crippen molar-refractivity contribution < 1.29 is 9.72 Å². The van der Waals surface area contributed by atoms with Crippen molar-refractivity contribution in [2.24, 2.45) is 0 Å². The molecule has 1 N–H and O–H groups in total. The van der Waals surface area contributed by atoms with Gasteiger partial charge in [-0.2, -0.15) is 0 Å². The van der Waals surface area contributed by atoms with Crippen molar-refractivity contribution >= 4 is 46.4 Å². The molecule has 0 saturated carbocycles. The van der Waals surface area contributed by atoms with Crippen molar-refractivity contribution in [2.75, 3.05) is 0 Å². The van der Waals surface area contributed by atoms with Crippen LogP contribution in [0.2, 0.25) is 0 Å². The Balaban J connectivity index is 2.98. The Kier molecular flexibility index (Phi) is 5.17. The molecule has 0 saturated heterocycles. The first-order valence-corrected chi connectivity index (χ1v) is 6.13. The molecule has 19 heavy (non-hydrogen) atoms. The number of benzene rings is 1. The van der Waals surface area contributed by atoms with E-state index in [9.17, 15) is 14.9 Å². The maximum absolute atomic E-state index is 11.5. The minimum Gasteiger partial charge on any atom is -0.342 e. The van der Waals surface area contributed by atoms with Gasteiger partial charge in [0.2, 0.25) is 0 Å². The van der Waals surface area contributed by atoms with Gasteiger partial charge in [0.1, 0.15) is 0 Å². The number of halogens is 3. The molecule has 0 fully saturated rings. The average molecular weight is 324 g/mol. The van der Waals surface area contributed by atoms with Gasteiger partial charge in [-0.05, 0) is 5.56 Å². The number of hydrogen-bond acceptors (Lipinski definition) is 3. The fourth-order valence-corrected chi connectivity index (χ4v) is 1.50. The van der Waals surface area contributed by atoms with Crippen LogP contribution in [0.1, 0.15) is 11.6 Å². The number of nitro groups is 1. The molecule has 1 unspecified atom stereocenters. The second kappa shape index (κ2) is 6.23. The summed E-state index contributed by atoms with van der Waals surface area (Å²) in [6.45, 7) is 3.53. The number of carbonyl (C=O) groups is 1. The van der Waals surface area contributed by atoms with Gasteiger partial charge in [0, 0.05) is 12.1 Å². The lowest BCUT2D eigenvalue weighted by molar-refractivity contribution is -0.384. The molecule has 0 bridgehead atoms. The van der Waals surface area contributed by atoms with Crippen molar-refractivity contribution in [3.8, 4) is 0 Å². The normalized spacial score (nSPS) is 12.6. The molecule has 0 aliphatic rings. The van der Waals surface area contributed by atoms with Crippen LogP contribution >= 0.6 is 34.8 Å². The zero-order valence-corrected chi connectivity index (χ0v) is 11.7. The number of nitrogens with zero attached hydrogens (tertiary/aromatic N) is 1. The maximum atomic E-state index is 11.5. The van der Waals surface area contributed by atoms with E-state index in [-0.39, 0.29) is 5.69 Å². The zero-order valence-electron chi connectivity index (χ0n) is 9.48. The Morgan fingerprint density at radius 3 is 2.58 bits per heavy atom. The van der Waals surface area contributed by atoms with E-state index in [1.807, 2.05) is 0 Å². The van der Waals surface area contributed by atoms with Crippen molar-refractivity contribution in [3.63, 3.8) is 0 Å². The van der Waals surface area contributed by atoms with Crippen LogP contribution in [0.25, 0.3) is 0 Å². The van der Waals surface area contributed by atoms with Gasteiger partial charge in [-0.25, -0.2) is 0 Å². The van der Waals surface area contributed by atoms with Gasteiger partial charge in [0.15, 0.2) is 0 Å². The van der Waals surface area contributed by atoms with E-state index < -0.39 is 20.7 Å². The third-order valence-corrected chi connectivity index (χ3v) is 2.73. The molecule has 102 valence electrons. The number of nitrogens with one attached hydrogen (secondary N) is 1. The number of amides is 1. The van der Waals surface area contributed by atoms with Gasteiger partial charge in [0.05, 0.1) is 11.0 Å². The largest absolute Gasteiger partial charge is 0.342 e. The topological polar surface area (TPSA) is 72.2 Å². The molecule has 8 heteroatoms. The minimum absolute atomic E-state index is 0.104. The summed E-state index contributed by atoms with van der Waals surface area (Å²) >= 11 is 16.3. The number of hydrogen-bond donors (Lipinski definition) is 1. The SMILES string of the molecule is C=CC(NC(=O)C(Cl)(Cl)Cl)c1cccc([N+](=O)[O-])c1. The van der Waals surface area contributed by atoms with Crippen LogP contribution in [0.5, 0.6) is 0 Å². The number of carbonyl (C=O) groups excluding carboxylic acids is 1. The number of non-ortho nitro benzene ring substituents is 1. The highest BCUT2D eigenvalue weighted by Gasteiger charge is 2.32. The van der Waals surface area contributed by atoms with Gasteiger partial charge < -0.3 is 5.32 Å². The van der Waals surface area contributed by atoms with Gasteiger partial charge in [0.25, 0.3) is 15.4 Å². The monoisotopic (exact) mass is 322 g/mol. The third-order valence-electron chi connectivity index (χ3n) is 2.22. The number of nitro benzene ring substituents is 1. The van der Waals surface area contributed by atoms with Gasteiger partial charge >= 0.3 is 0 Å². The van der Waals surface area contributed by atoms with Gasteiger partial charge in [-0.15, -0.1) is 6.58 Å². The molecule has 0 aliphatic heterocycles. The molecule has 0 spiro atoms. The first-order valence-electron chi connectivity index (χ1n) is 5.00. The molecule has 0 aromatic heterocycles. The predicted molar refractivity (Wildman–Crippen MR) is 74.5 cm³/mol. The third kappa shape index (κ3) is 4.38. The first-order chi connectivity index (χ1) is 8.75. The van der Waals surface area contributed by atoms with E-state index >= 15 is 0 Å². The van der Waals surface area contributed by atoms with Crippen LogP contribution in [0.3, 0.4) is 0 Å². The highest BCUT2D eigenvalue weighted by atomic mass is 35.6. The quantitative estimate of drug-likeness (QED) is 0.400. The minimum atomic E-state index is -2.11. The molecular weight excluding hydrogens is 314 g/mol. The highest BCUT2D eigenvalue weighted by Crippen LogP contribution is 2.28. The Hall–Kier alpha value is -1.30. The summed E-state index contributed by atoms with van der Waals surface area (Å²) in [6, 6.07) is 5.04. The molecular formula is C11H9Cl3N2O3. The van der Waals surface area contributed by atoms with E-state index in [1.54, 1.807) is 6.07 Å². The lowest BCUT2D eigenvalue weighted by Gasteiger charge is -2.18. The van der Waals surface area contributed by atoms with E-state index in [4.69, 9.17) is 34.8 Å². The summed E-state index contributed by atoms with van der Waals surface area (Å²) in [5.41, 5.74) is 0.360. The highest BCUT2D eigenvalue weighted by molar-refractivity contribution is 6.76. The van der Waals surface area contributed by atoms with Crippen molar-refractivity contribution in [3.05, 3.63) is 52.6 Å². The van der Waals surface area contributed by atoms with Crippen LogP contribution in [-0.4, -0.2) is 14.6 Å². The molecule has 0 aliphatic carbocycles. The number of rotatable bonds is 4. The smallest absolute Gasteiger partial charge is 0.272 e. The molecule has 1 aromatic rings. The summed E-state index contributed by atoms with van der Waals surface area (Å²) < 4.78 is -2.11. The van der Waals surface area contributed by atoms with Gasteiger partial charge in [-0.3, -0.25) is 14.9 Å². The van der Waals surface area contributed by atoms with Crippen LogP contribution in [-0.2, 0) is 4.79 Å². The lowest BCUT2D eigenvalue weighted by atomic mass is 10.1. The Morgan fingerprint density at radius 2 is 2.11 bits per heavy atom. The summed E-state index contributed by atoms with van der Waals surface area (Å²) in [5, 5.41) is 13.1. The maximum Gasteiger partial charge on any atom is 0.272 e. The second-order valence-electron chi connectivity index (χ2n) is 3.54. The molecule has 1 amide bonds. The zero-order chi connectivity index (χ0) is 14.6. The van der Waals surface area contributed by atoms with E-state index in [2.05, 4.69) is 11.9 Å². The Bertz CT molecular complexity index is 514. The standard InChI is InChI=1S/C11H9Cl3N2O3/c1-2-9(15-10(17)11(12,13)14)7-4-3-5-8(6-7)16(18)19/h2-6,9H,1H2,(H,15,17). The summed E-state index contributed by atoms with van der Waals surface area (Å²) in [4.78, 5) is 21.7. The first kappa shape index (κ1) is 15.8. The summed E-state index contributed by atoms with van der Waals surface area (Å²) in [6.07, 6.45) is 1.38. The lowest BCUT2D eigenvalue weighted by Crippen LogP contribution is -2.36. The second-order valence-corrected chi connectivity index (χ2v) is 5.82. The average Bonchev–Trinajstić information content (AvgIpc) is 2.34. The van der Waals surface area contributed by atoms with E-state index in [1.165, 1.54) is 24.3 Å². The molecule has 1 atom stereocenters. The molecule has 0 radical (unpaired) electrons. The number of alkyl halides is 3. The molecule has 1 rings (SSSR count). The Morgan fingerprint density at radius 1 is 1.47 bits per heavy atom. The van der Waals surface area contributed by atoms with Crippen molar-refractivity contribution in [1.29, 1.82) is 0 Å². The summed E-state index contributed by atoms with van der Waals surface area (Å²) in [7, 11) is 0. The summed E-state index contributed by atoms with van der Waals surface area (Å²) in [5.74, 6) is -0.839. The Labute approximate surface area is 124 Å². The van der Waals surface area contributed by atoms with Crippen molar-refractivity contribution in [2.45, 2.75) is 9.83 Å². The predicted octanol–water partition coefficient (Wildman–Crippen LogP) is 3.31. The van der Waals surface area contributed by atoms with Crippen molar-refractivity contribution in [1.82, 2.24) is 5.32 Å². The van der Waals surface area contributed by atoms with E-state index in [0.717, 1.165) is 0 Å². The fraction of sp³-hybridized carbons (Fsp3) is 0.182. The molecule has 5 nitrogen and oxygen atoms in total.